The van der Waals surface area contributed by atoms with Crippen LogP contribution in [0.4, 0.5) is 0 Å². The van der Waals surface area contributed by atoms with Crippen molar-refractivity contribution < 1.29 is 9.53 Å². The second-order valence-corrected chi connectivity index (χ2v) is 6.57. The summed E-state index contributed by atoms with van der Waals surface area (Å²) >= 11 is 0. The quantitative estimate of drug-likeness (QED) is 0.874. The van der Waals surface area contributed by atoms with Gasteiger partial charge < -0.3 is 15.4 Å². The first kappa shape index (κ1) is 14.4. The summed E-state index contributed by atoms with van der Waals surface area (Å²) in [5.41, 5.74) is 6.75. The zero-order valence-electron chi connectivity index (χ0n) is 12.8. The van der Waals surface area contributed by atoms with Gasteiger partial charge in [-0.1, -0.05) is 12.1 Å². The number of hydrogen-bond donors (Lipinski definition) is 1. The van der Waals surface area contributed by atoms with Crippen LogP contribution in [0.5, 0.6) is 5.75 Å². The Balaban J connectivity index is 1.73. The molecule has 1 aromatic rings. The molecule has 0 heterocycles. The Labute approximate surface area is 126 Å². The van der Waals surface area contributed by atoms with Crippen molar-refractivity contribution in [1.29, 1.82) is 0 Å². The van der Waals surface area contributed by atoms with Gasteiger partial charge >= 0.3 is 0 Å². The molecule has 3 rings (SSSR count). The Morgan fingerprint density at radius 3 is 2.38 bits per heavy atom. The lowest BCUT2D eigenvalue weighted by molar-refractivity contribution is -0.138. The maximum absolute atomic E-state index is 12.8. The molecule has 4 nitrogen and oxygen atoms in total. The Bertz CT molecular complexity index is 516. The molecule has 0 aromatic heterocycles. The zero-order chi connectivity index (χ0) is 15.0. The predicted molar refractivity (Wildman–Crippen MR) is 81.9 cm³/mol. The van der Waals surface area contributed by atoms with E-state index in [1.807, 2.05) is 36.1 Å². The van der Waals surface area contributed by atoms with Crippen LogP contribution in [0.25, 0.3) is 0 Å². The second kappa shape index (κ2) is 5.34. The number of carbonyl (C=O) groups is 1. The summed E-state index contributed by atoms with van der Waals surface area (Å²) in [7, 11) is 1.66. The number of ether oxygens (including phenoxy) is 1. The van der Waals surface area contributed by atoms with Crippen LogP contribution in [0.15, 0.2) is 24.3 Å². The third kappa shape index (κ3) is 3.05. The normalized spacial score (nSPS) is 20.7. The molecule has 0 bridgehead atoms. The van der Waals surface area contributed by atoms with E-state index in [0.717, 1.165) is 37.0 Å². The van der Waals surface area contributed by atoms with Gasteiger partial charge in [-0.2, -0.15) is 0 Å². The van der Waals surface area contributed by atoms with Gasteiger partial charge in [-0.25, -0.2) is 0 Å². The maximum atomic E-state index is 12.8. The number of rotatable bonds is 6. The lowest BCUT2D eigenvalue weighted by Gasteiger charge is -2.32. The zero-order valence-corrected chi connectivity index (χ0v) is 12.8. The molecule has 2 N–H and O–H groups in total. The highest BCUT2D eigenvalue weighted by molar-refractivity contribution is 5.87. The van der Waals surface area contributed by atoms with Gasteiger partial charge in [0.05, 0.1) is 12.6 Å². The van der Waals surface area contributed by atoms with Crippen molar-refractivity contribution in [2.45, 2.75) is 50.7 Å². The van der Waals surface area contributed by atoms with Gasteiger partial charge in [0.25, 0.3) is 0 Å². The monoisotopic (exact) mass is 288 g/mol. The van der Waals surface area contributed by atoms with Crippen LogP contribution in [0.2, 0.25) is 0 Å². The van der Waals surface area contributed by atoms with Crippen LogP contribution in [0.3, 0.4) is 0 Å². The summed E-state index contributed by atoms with van der Waals surface area (Å²) in [4.78, 5) is 14.8. The van der Waals surface area contributed by atoms with E-state index in [9.17, 15) is 4.79 Å². The topological polar surface area (TPSA) is 55.6 Å². The Morgan fingerprint density at radius 2 is 1.90 bits per heavy atom. The minimum Gasteiger partial charge on any atom is -0.497 e. The molecule has 2 fully saturated rings. The second-order valence-electron chi connectivity index (χ2n) is 6.57. The standard InChI is InChI=1S/C17H24N2O2/c1-17(18,13-5-6-13)16(20)19(14-7-8-14)11-12-3-9-15(21-2)10-4-12/h3-4,9-10,13-14H,5-8,11,18H2,1-2H3. The van der Waals surface area contributed by atoms with Crippen LogP contribution < -0.4 is 10.5 Å². The van der Waals surface area contributed by atoms with Crippen molar-refractivity contribution >= 4 is 5.91 Å². The number of amides is 1. The van der Waals surface area contributed by atoms with Gasteiger partial charge in [0, 0.05) is 12.6 Å². The Hall–Kier alpha value is -1.55. The number of benzene rings is 1. The van der Waals surface area contributed by atoms with Crippen LogP contribution >= 0.6 is 0 Å². The highest BCUT2D eigenvalue weighted by Crippen LogP contribution is 2.41. The molecule has 2 saturated carbocycles. The molecule has 2 aliphatic carbocycles. The lowest BCUT2D eigenvalue weighted by Crippen LogP contribution is -2.55. The van der Waals surface area contributed by atoms with E-state index >= 15 is 0 Å². The van der Waals surface area contributed by atoms with E-state index in [2.05, 4.69) is 0 Å². The first-order valence-corrected chi connectivity index (χ1v) is 7.75. The van der Waals surface area contributed by atoms with Gasteiger partial charge in [-0.15, -0.1) is 0 Å². The molecule has 0 saturated heterocycles. The van der Waals surface area contributed by atoms with Crippen molar-refractivity contribution in [1.82, 2.24) is 4.90 Å². The average Bonchev–Trinajstić information content (AvgIpc) is 3.36. The van der Waals surface area contributed by atoms with Crippen molar-refractivity contribution in [3.05, 3.63) is 29.8 Å². The van der Waals surface area contributed by atoms with Crippen LogP contribution in [0, 0.1) is 5.92 Å². The first-order chi connectivity index (χ1) is 10.0. The van der Waals surface area contributed by atoms with E-state index in [1.165, 1.54) is 0 Å². The fourth-order valence-corrected chi connectivity index (χ4v) is 2.85. The average molecular weight is 288 g/mol. The molecule has 0 radical (unpaired) electrons. The van der Waals surface area contributed by atoms with E-state index in [4.69, 9.17) is 10.5 Å². The Morgan fingerprint density at radius 1 is 1.29 bits per heavy atom. The summed E-state index contributed by atoms with van der Waals surface area (Å²) in [6, 6.07) is 8.29. The molecular weight excluding hydrogens is 264 g/mol. The van der Waals surface area contributed by atoms with Gasteiger partial charge in [0.1, 0.15) is 5.75 Å². The minimum atomic E-state index is -0.699. The van der Waals surface area contributed by atoms with Crippen LogP contribution in [-0.4, -0.2) is 29.5 Å². The van der Waals surface area contributed by atoms with Gasteiger partial charge in [0.15, 0.2) is 0 Å². The summed E-state index contributed by atoms with van der Waals surface area (Å²) in [6.07, 6.45) is 4.37. The third-order valence-electron chi connectivity index (χ3n) is 4.65. The number of nitrogens with zero attached hydrogens (tertiary/aromatic N) is 1. The maximum Gasteiger partial charge on any atom is 0.243 e. The van der Waals surface area contributed by atoms with E-state index in [0.29, 0.717) is 18.5 Å². The molecule has 114 valence electrons. The molecule has 1 aromatic carbocycles. The van der Waals surface area contributed by atoms with Crippen LogP contribution in [0.1, 0.15) is 38.2 Å². The van der Waals surface area contributed by atoms with Crippen molar-refractivity contribution in [3.8, 4) is 5.75 Å². The molecule has 0 spiro atoms. The lowest BCUT2D eigenvalue weighted by atomic mass is 9.95. The fraction of sp³-hybridized carbons (Fsp3) is 0.588. The molecule has 2 aliphatic rings. The summed E-state index contributed by atoms with van der Waals surface area (Å²) in [5, 5.41) is 0. The van der Waals surface area contributed by atoms with Gasteiger partial charge in [-0.05, 0) is 56.2 Å². The number of hydrogen-bond acceptors (Lipinski definition) is 3. The molecule has 1 unspecified atom stereocenters. The largest absolute Gasteiger partial charge is 0.497 e. The molecule has 1 amide bonds. The minimum absolute atomic E-state index is 0.114. The summed E-state index contributed by atoms with van der Waals surface area (Å²) in [5.74, 6) is 1.31. The highest BCUT2D eigenvalue weighted by Gasteiger charge is 2.48. The SMILES string of the molecule is COc1ccc(CN(C(=O)C(C)(N)C2CC2)C2CC2)cc1. The smallest absolute Gasteiger partial charge is 0.243 e. The van der Waals surface area contributed by atoms with Gasteiger partial charge in [-0.3, -0.25) is 4.79 Å². The molecule has 1 atom stereocenters. The summed E-state index contributed by atoms with van der Waals surface area (Å²) in [6.45, 7) is 2.55. The molecular formula is C17H24N2O2. The molecule has 0 aliphatic heterocycles. The number of nitrogens with two attached hydrogens (primary N) is 1. The van der Waals surface area contributed by atoms with Gasteiger partial charge in [0.2, 0.25) is 5.91 Å². The number of carbonyl (C=O) groups excluding carboxylic acids is 1. The van der Waals surface area contributed by atoms with E-state index < -0.39 is 5.54 Å². The Kier molecular flexibility index (Phi) is 3.66. The van der Waals surface area contributed by atoms with Crippen molar-refractivity contribution in [2.24, 2.45) is 11.7 Å². The number of methoxy groups -OCH3 is 1. The highest BCUT2D eigenvalue weighted by atomic mass is 16.5. The third-order valence-corrected chi connectivity index (χ3v) is 4.65. The van der Waals surface area contributed by atoms with E-state index in [1.54, 1.807) is 7.11 Å². The summed E-state index contributed by atoms with van der Waals surface area (Å²) < 4.78 is 5.17. The van der Waals surface area contributed by atoms with E-state index in [-0.39, 0.29) is 5.91 Å². The first-order valence-electron chi connectivity index (χ1n) is 7.75. The molecule has 21 heavy (non-hydrogen) atoms. The van der Waals surface area contributed by atoms with Crippen molar-refractivity contribution in [2.75, 3.05) is 7.11 Å². The molecule has 4 heteroatoms. The van der Waals surface area contributed by atoms with Crippen LogP contribution in [-0.2, 0) is 11.3 Å². The van der Waals surface area contributed by atoms with Crippen molar-refractivity contribution in [3.63, 3.8) is 0 Å². The predicted octanol–water partition coefficient (Wildman–Crippen LogP) is 2.31. The fourth-order valence-electron chi connectivity index (χ4n) is 2.85.